The highest BCUT2D eigenvalue weighted by Gasteiger charge is 2.16. The molecule has 4 heteroatoms. The second-order valence-electron chi connectivity index (χ2n) is 3.23. The molecule has 0 bridgehead atoms. The molecule has 0 spiro atoms. The van der Waals surface area contributed by atoms with E-state index in [1.165, 1.54) is 19.3 Å². The molecule has 0 unspecified atom stereocenters. The van der Waals surface area contributed by atoms with E-state index < -0.39 is 0 Å². The molecule has 66 valence electrons. The van der Waals surface area contributed by atoms with Crippen molar-refractivity contribution in [3.8, 4) is 0 Å². The first-order valence-corrected chi connectivity index (χ1v) is 4.29. The maximum atomic E-state index is 5.40. The minimum atomic E-state index is 0.459. The number of anilines is 1. The standard InChI is InChI=1S/C8H13N3O/c9-8-4-7(12-11-8)5-10-6-2-1-3-6/h4,6,10H,1-3,5H2,(H2,9,11). The van der Waals surface area contributed by atoms with Crippen LogP contribution in [0.5, 0.6) is 0 Å². The third kappa shape index (κ3) is 1.58. The van der Waals surface area contributed by atoms with Gasteiger partial charge in [-0.15, -0.1) is 0 Å². The van der Waals surface area contributed by atoms with E-state index in [1.54, 1.807) is 6.07 Å². The molecule has 4 nitrogen and oxygen atoms in total. The zero-order chi connectivity index (χ0) is 8.39. The van der Waals surface area contributed by atoms with E-state index in [1.807, 2.05) is 0 Å². The number of nitrogens with two attached hydrogens (primary N) is 1. The molecule has 3 N–H and O–H groups in total. The van der Waals surface area contributed by atoms with Crippen LogP contribution in [0.25, 0.3) is 0 Å². The Balaban J connectivity index is 1.79. The quantitative estimate of drug-likeness (QED) is 0.702. The summed E-state index contributed by atoms with van der Waals surface area (Å²) in [6, 6.07) is 2.43. The molecule has 1 aromatic rings. The van der Waals surface area contributed by atoms with Gasteiger partial charge >= 0.3 is 0 Å². The summed E-state index contributed by atoms with van der Waals surface area (Å²) in [5, 5.41) is 6.96. The predicted molar refractivity (Wildman–Crippen MR) is 45.4 cm³/mol. The van der Waals surface area contributed by atoms with E-state index in [0.29, 0.717) is 11.9 Å². The van der Waals surface area contributed by atoms with Gasteiger partial charge in [0.2, 0.25) is 0 Å². The molecular formula is C8H13N3O. The van der Waals surface area contributed by atoms with Crippen molar-refractivity contribution in [1.29, 1.82) is 0 Å². The van der Waals surface area contributed by atoms with E-state index in [0.717, 1.165) is 12.3 Å². The van der Waals surface area contributed by atoms with Gasteiger partial charge < -0.3 is 15.6 Å². The van der Waals surface area contributed by atoms with Crippen molar-refractivity contribution in [2.24, 2.45) is 0 Å². The first-order chi connectivity index (χ1) is 5.84. The molecule has 0 saturated heterocycles. The maximum absolute atomic E-state index is 5.40. The second-order valence-corrected chi connectivity index (χ2v) is 3.23. The normalized spacial score (nSPS) is 17.7. The monoisotopic (exact) mass is 167 g/mol. The van der Waals surface area contributed by atoms with Crippen LogP contribution >= 0.6 is 0 Å². The topological polar surface area (TPSA) is 64.1 Å². The highest BCUT2D eigenvalue weighted by Crippen LogP contribution is 2.18. The predicted octanol–water partition coefficient (Wildman–Crippen LogP) is 0.899. The number of aromatic nitrogens is 1. The summed E-state index contributed by atoms with van der Waals surface area (Å²) < 4.78 is 4.95. The van der Waals surface area contributed by atoms with Gasteiger partial charge in [-0.2, -0.15) is 0 Å². The van der Waals surface area contributed by atoms with Crippen LogP contribution in [-0.2, 0) is 6.54 Å². The first kappa shape index (κ1) is 7.61. The van der Waals surface area contributed by atoms with Crippen LogP contribution in [0.2, 0.25) is 0 Å². The Bertz CT molecular complexity index is 255. The summed E-state index contributed by atoms with van der Waals surface area (Å²) in [4.78, 5) is 0. The zero-order valence-corrected chi connectivity index (χ0v) is 6.92. The summed E-state index contributed by atoms with van der Waals surface area (Å²) in [6.45, 7) is 0.745. The summed E-state index contributed by atoms with van der Waals surface area (Å²) in [5.41, 5.74) is 5.40. The Morgan fingerprint density at radius 1 is 1.67 bits per heavy atom. The molecule has 1 aliphatic carbocycles. The van der Waals surface area contributed by atoms with Crippen LogP contribution in [0.1, 0.15) is 25.0 Å². The van der Waals surface area contributed by atoms with Crippen molar-refractivity contribution in [1.82, 2.24) is 10.5 Å². The largest absolute Gasteiger partial charge is 0.381 e. The van der Waals surface area contributed by atoms with Gasteiger partial charge in [0.25, 0.3) is 0 Å². The number of nitrogens with one attached hydrogen (secondary N) is 1. The number of hydrogen-bond acceptors (Lipinski definition) is 4. The summed E-state index contributed by atoms with van der Waals surface area (Å²) >= 11 is 0. The summed E-state index contributed by atoms with van der Waals surface area (Å²) in [6.07, 6.45) is 3.91. The highest BCUT2D eigenvalue weighted by molar-refractivity contribution is 5.26. The molecule has 1 heterocycles. The third-order valence-corrected chi connectivity index (χ3v) is 2.25. The van der Waals surface area contributed by atoms with Crippen LogP contribution in [0, 0.1) is 0 Å². The summed E-state index contributed by atoms with van der Waals surface area (Å²) in [5.74, 6) is 1.28. The van der Waals surface area contributed by atoms with E-state index in [2.05, 4.69) is 10.5 Å². The average molecular weight is 167 g/mol. The Kier molecular flexibility index (Phi) is 1.99. The van der Waals surface area contributed by atoms with Crippen molar-refractivity contribution < 1.29 is 4.52 Å². The van der Waals surface area contributed by atoms with E-state index in [-0.39, 0.29) is 0 Å². The molecular weight excluding hydrogens is 154 g/mol. The Morgan fingerprint density at radius 2 is 2.50 bits per heavy atom. The van der Waals surface area contributed by atoms with Crippen molar-refractivity contribution >= 4 is 5.82 Å². The molecule has 0 amide bonds. The fourth-order valence-corrected chi connectivity index (χ4v) is 1.27. The van der Waals surface area contributed by atoms with Crippen LogP contribution < -0.4 is 11.1 Å². The molecule has 12 heavy (non-hydrogen) atoms. The van der Waals surface area contributed by atoms with E-state index in [9.17, 15) is 0 Å². The lowest BCUT2D eigenvalue weighted by Gasteiger charge is -2.25. The SMILES string of the molecule is Nc1cc(CNC2CCC2)on1. The molecule has 1 saturated carbocycles. The van der Waals surface area contributed by atoms with E-state index in [4.69, 9.17) is 10.3 Å². The summed E-state index contributed by atoms with van der Waals surface area (Å²) in [7, 11) is 0. The molecule has 0 atom stereocenters. The number of nitrogen functional groups attached to an aromatic ring is 1. The number of hydrogen-bond donors (Lipinski definition) is 2. The van der Waals surface area contributed by atoms with Gasteiger partial charge in [-0.25, -0.2) is 0 Å². The fourth-order valence-electron chi connectivity index (χ4n) is 1.27. The van der Waals surface area contributed by atoms with Gasteiger partial charge in [0.05, 0.1) is 6.54 Å². The lowest BCUT2D eigenvalue weighted by atomic mass is 9.93. The van der Waals surface area contributed by atoms with Crippen LogP contribution in [0.15, 0.2) is 10.6 Å². The van der Waals surface area contributed by atoms with Crippen molar-refractivity contribution in [3.63, 3.8) is 0 Å². The molecule has 0 radical (unpaired) electrons. The Labute approximate surface area is 71.1 Å². The Hall–Kier alpha value is -1.03. The smallest absolute Gasteiger partial charge is 0.167 e. The lowest BCUT2D eigenvalue weighted by molar-refractivity contribution is 0.309. The lowest BCUT2D eigenvalue weighted by Crippen LogP contribution is -2.34. The molecule has 1 aliphatic rings. The molecule has 0 aromatic carbocycles. The maximum Gasteiger partial charge on any atom is 0.167 e. The van der Waals surface area contributed by atoms with Crippen LogP contribution in [0.4, 0.5) is 5.82 Å². The van der Waals surface area contributed by atoms with Crippen LogP contribution in [0.3, 0.4) is 0 Å². The second kappa shape index (κ2) is 3.15. The number of nitrogens with zero attached hydrogens (tertiary/aromatic N) is 1. The minimum Gasteiger partial charge on any atom is -0.381 e. The van der Waals surface area contributed by atoms with Gasteiger partial charge in [-0.1, -0.05) is 11.6 Å². The van der Waals surface area contributed by atoms with Gasteiger partial charge in [0, 0.05) is 12.1 Å². The zero-order valence-electron chi connectivity index (χ0n) is 6.92. The van der Waals surface area contributed by atoms with Gasteiger partial charge in [-0.05, 0) is 12.8 Å². The van der Waals surface area contributed by atoms with Gasteiger partial charge in [-0.3, -0.25) is 0 Å². The van der Waals surface area contributed by atoms with Gasteiger partial charge in [0.15, 0.2) is 11.6 Å². The molecule has 1 aromatic heterocycles. The molecule has 0 aliphatic heterocycles. The fraction of sp³-hybridized carbons (Fsp3) is 0.625. The van der Waals surface area contributed by atoms with Crippen LogP contribution in [-0.4, -0.2) is 11.2 Å². The minimum absolute atomic E-state index is 0.459. The highest BCUT2D eigenvalue weighted by atomic mass is 16.5. The van der Waals surface area contributed by atoms with Gasteiger partial charge in [0.1, 0.15) is 0 Å². The van der Waals surface area contributed by atoms with Crippen molar-refractivity contribution in [2.45, 2.75) is 31.8 Å². The van der Waals surface area contributed by atoms with E-state index >= 15 is 0 Å². The first-order valence-electron chi connectivity index (χ1n) is 4.29. The van der Waals surface area contributed by atoms with Crippen molar-refractivity contribution in [3.05, 3.63) is 11.8 Å². The number of rotatable bonds is 3. The molecule has 2 rings (SSSR count). The average Bonchev–Trinajstić information content (AvgIpc) is 2.32. The molecule has 1 fully saturated rings. The third-order valence-electron chi connectivity index (χ3n) is 2.25. The van der Waals surface area contributed by atoms with Crippen molar-refractivity contribution in [2.75, 3.05) is 5.73 Å². The Morgan fingerprint density at radius 3 is 3.00 bits per heavy atom.